The number of nitrogens with zero attached hydrogens (tertiary/aromatic N) is 2. The van der Waals surface area contributed by atoms with Crippen LogP contribution in [-0.4, -0.2) is 16.8 Å². The summed E-state index contributed by atoms with van der Waals surface area (Å²) in [4.78, 5) is 0. The van der Waals surface area contributed by atoms with E-state index < -0.39 is 0 Å². The van der Waals surface area contributed by atoms with E-state index in [1.807, 2.05) is 18.8 Å². The van der Waals surface area contributed by atoms with Crippen LogP contribution in [0.4, 0.5) is 0 Å². The minimum Gasteiger partial charge on any atom is -0.316 e. The van der Waals surface area contributed by atoms with Gasteiger partial charge >= 0.3 is 0 Å². The number of rotatable bonds is 3. The largest absolute Gasteiger partial charge is 0.316 e. The fraction of sp³-hybridized carbons (Fsp3) is 0.400. The van der Waals surface area contributed by atoms with Gasteiger partial charge in [0.15, 0.2) is 0 Å². The molecule has 0 fully saturated rings. The van der Waals surface area contributed by atoms with E-state index >= 15 is 0 Å². The Balaban J connectivity index is 2.65. The van der Waals surface area contributed by atoms with Gasteiger partial charge in [0.1, 0.15) is 0 Å². The highest BCUT2D eigenvalue weighted by Crippen LogP contribution is 2.30. The molecule has 1 heterocycles. The van der Waals surface area contributed by atoms with E-state index in [-0.39, 0.29) is 0 Å². The van der Waals surface area contributed by atoms with Crippen molar-refractivity contribution in [3.63, 3.8) is 0 Å². The van der Waals surface area contributed by atoms with Crippen LogP contribution in [0.15, 0.2) is 18.2 Å². The van der Waals surface area contributed by atoms with Crippen molar-refractivity contribution in [1.29, 1.82) is 0 Å². The van der Waals surface area contributed by atoms with E-state index in [4.69, 9.17) is 0 Å². The van der Waals surface area contributed by atoms with Crippen LogP contribution in [0.1, 0.15) is 22.5 Å². The molecule has 1 aromatic carbocycles. The molecule has 0 saturated heterocycles. The molecule has 0 bridgehead atoms. The summed E-state index contributed by atoms with van der Waals surface area (Å²) in [6.45, 7) is 7.21. The van der Waals surface area contributed by atoms with Gasteiger partial charge in [0, 0.05) is 24.8 Å². The van der Waals surface area contributed by atoms with Crippen LogP contribution < -0.4 is 5.32 Å². The molecule has 96 valence electrons. The molecule has 0 radical (unpaired) electrons. The van der Waals surface area contributed by atoms with Gasteiger partial charge in [-0.2, -0.15) is 5.10 Å². The van der Waals surface area contributed by atoms with Crippen LogP contribution in [0.25, 0.3) is 11.1 Å². The Kier molecular flexibility index (Phi) is 3.53. The molecule has 3 nitrogen and oxygen atoms in total. The molecule has 1 aromatic heterocycles. The third-order valence-corrected chi connectivity index (χ3v) is 3.41. The summed E-state index contributed by atoms with van der Waals surface area (Å²) < 4.78 is 1.95. The van der Waals surface area contributed by atoms with E-state index in [9.17, 15) is 0 Å². The first-order valence-electron chi connectivity index (χ1n) is 6.29. The minimum atomic E-state index is 0.878. The lowest BCUT2D eigenvalue weighted by atomic mass is 9.96. The van der Waals surface area contributed by atoms with Gasteiger partial charge < -0.3 is 5.32 Å². The highest BCUT2D eigenvalue weighted by Gasteiger charge is 2.14. The molecule has 18 heavy (non-hydrogen) atoms. The summed E-state index contributed by atoms with van der Waals surface area (Å²) in [6.07, 6.45) is 0. The van der Waals surface area contributed by atoms with Crippen molar-refractivity contribution in [1.82, 2.24) is 15.1 Å². The van der Waals surface area contributed by atoms with Gasteiger partial charge in [-0.1, -0.05) is 23.8 Å². The molecule has 0 aliphatic heterocycles. The Hall–Kier alpha value is -1.61. The van der Waals surface area contributed by atoms with E-state index in [2.05, 4.69) is 49.4 Å². The van der Waals surface area contributed by atoms with Crippen LogP contribution in [0.5, 0.6) is 0 Å². The van der Waals surface area contributed by atoms with Crippen LogP contribution >= 0.6 is 0 Å². The Morgan fingerprint density at radius 3 is 2.50 bits per heavy atom. The molecule has 0 unspecified atom stereocenters. The summed E-state index contributed by atoms with van der Waals surface area (Å²) in [6, 6.07) is 6.62. The lowest BCUT2D eigenvalue weighted by Crippen LogP contribution is -2.07. The zero-order valence-corrected chi connectivity index (χ0v) is 11.8. The SMILES string of the molecule is CNCc1ccc(C)cc1-c1c(C)nn(C)c1C. The number of aromatic nitrogens is 2. The summed E-state index contributed by atoms with van der Waals surface area (Å²) >= 11 is 0. The highest BCUT2D eigenvalue weighted by molar-refractivity contribution is 5.72. The second-order valence-electron chi connectivity index (χ2n) is 4.86. The molecule has 2 aromatic rings. The molecular weight excluding hydrogens is 222 g/mol. The van der Waals surface area contributed by atoms with Gasteiger partial charge in [-0.05, 0) is 38.9 Å². The summed E-state index contributed by atoms with van der Waals surface area (Å²) in [5.41, 5.74) is 7.49. The summed E-state index contributed by atoms with van der Waals surface area (Å²) in [5, 5.41) is 7.75. The third kappa shape index (κ3) is 2.18. The number of hydrogen-bond donors (Lipinski definition) is 1. The fourth-order valence-electron chi connectivity index (χ4n) is 2.43. The first kappa shape index (κ1) is 12.8. The van der Waals surface area contributed by atoms with Crippen molar-refractivity contribution < 1.29 is 0 Å². The normalized spacial score (nSPS) is 10.9. The van der Waals surface area contributed by atoms with Crippen LogP contribution in [0.2, 0.25) is 0 Å². The van der Waals surface area contributed by atoms with Gasteiger partial charge in [-0.25, -0.2) is 0 Å². The highest BCUT2D eigenvalue weighted by atomic mass is 15.3. The fourth-order valence-corrected chi connectivity index (χ4v) is 2.43. The van der Waals surface area contributed by atoms with Gasteiger partial charge in [-0.3, -0.25) is 4.68 Å². The lowest BCUT2D eigenvalue weighted by Gasteiger charge is -2.11. The molecule has 0 aliphatic rings. The average molecular weight is 243 g/mol. The first-order chi connectivity index (χ1) is 8.54. The van der Waals surface area contributed by atoms with Gasteiger partial charge in [0.25, 0.3) is 0 Å². The van der Waals surface area contributed by atoms with Crippen molar-refractivity contribution in [3.05, 3.63) is 40.7 Å². The maximum absolute atomic E-state index is 4.51. The Morgan fingerprint density at radius 1 is 1.22 bits per heavy atom. The van der Waals surface area contributed by atoms with Crippen molar-refractivity contribution in [2.45, 2.75) is 27.3 Å². The smallest absolute Gasteiger partial charge is 0.0674 e. The second-order valence-corrected chi connectivity index (χ2v) is 4.86. The predicted molar refractivity (Wildman–Crippen MR) is 75.6 cm³/mol. The van der Waals surface area contributed by atoms with Gasteiger partial charge in [0.2, 0.25) is 0 Å². The van der Waals surface area contributed by atoms with Gasteiger partial charge in [0.05, 0.1) is 5.69 Å². The Labute approximate surface area is 109 Å². The van der Waals surface area contributed by atoms with Gasteiger partial charge in [-0.15, -0.1) is 0 Å². The quantitative estimate of drug-likeness (QED) is 0.898. The van der Waals surface area contributed by atoms with Crippen molar-refractivity contribution in [2.75, 3.05) is 7.05 Å². The number of nitrogens with one attached hydrogen (secondary N) is 1. The minimum absolute atomic E-state index is 0.878. The van der Waals surface area contributed by atoms with Crippen LogP contribution in [0.3, 0.4) is 0 Å². The molecule has 0 atom stereocenters. The molecule has 0 amide bonds. The molecule has 0 aliphatic carbocycles. The maximum Gasteiger partial charge on any atom is 0.0674 e. The van der Waals surface area contributed by atoms with Crippen molar-refractivity contribution >= 4 is 0 Å². The van der Waals surface area contributed by atoms with E-state index in [0.29, 0.717) is 0 Å². The first-order valence-corrected chi connectivity index (χ1v) is 6.29. The van der Waals surface area contributed by atoms with E-state index in [1.165, 1.54) is 27.9 Å². The zero-order chi connectivity index (χ0) is 13.3. The predicted octanol–water partition coefficient (Wildman–Crippen LogP) is 2.73. The molecular formula is C15H21N3. The molecule has 1 N–H and O–H groups in total. The zero-order valence-electron chi connectivity index (χ0n) is 11.8. The van der Waals surface area contributed by atoms with Crippen LogP contribution in [0, 0.1) is 20.8 Å². The monoisotopic (exact) mass is 243 g/mol. The standard InChI is InChI=1S/C15H21N3/c1-10-6-7-13(9-16-4)14(8-10)15-11(2)17-18(5)12(15)3/h6-8,16H,9H2,1-5H3. The lowest BCUT2D eigenvalue weighted by molar-refractivity contribution is 0.731. The maximum atomic E-state index is 4.51. The topological polar surface area (TPSA) is 29.9 Å². The van der Waals surface area contributed by atoms with E-state index in [0.717, 1.165) is 12.2 Å². The molecule has 2 rings (SSSR count). The average Bonchev–Trinajstić information content (AvgIpc) is 2.56. The van der Waals surface area contributed by atoms with Crippen molar-refractivity contribution in [3.8, 4) is 11.1 Å². The molecule has 0 spiro atoms. The van der Waals surface area contributed by atoms with Crippen molar-refractivity contribution in [2.24, 2.45) is 7.05 Å². The Bertz CT molecular complexity index is 567. The number of benzene rings is 1. The van der Waals surface area contributed by atoms with Crippen LogP contribution in [-0.2, 0) is 13.6 Å². The molecule has 0 saturated carbocycles. The number of aryl methyl sites for hydroxylation is 3. The number of hydrogen-bond acceptors (Lipinski definition) is 2. The summed E-state index contributed by atoms with van der Waals surface area (Å²) in [5.74, 6) is 0. The second kappa shape index (κ2) is 4.94. The summed E-state index contributed by atoms with van der Waals surface area (Å²) in [7, 11) is 3.98. The Morgan fingerprint density at radius 2 is 1.94 bits per heavy atom. The van der Waals surface area contributed by atoms with E-state index in [1.54, 1.807) is 0 Å². The third-order valence-electron chi connectivity index (χ3n) is 3.41. The molecule has 3 heteroatoms.